The van der Waals surface area contributed by atoms with Gasteiger partial charge < -0.3 is 15.4 Å². The van der Waals surface area contributed by atoms with Crippen LogP contribution in [-0.2, 0) is 0 Å². The molecule has 1 amide bonds. The molecular formula is C18H14Cl2N4O2. The van der Waals surface area contributed by atoms with Crippen LogP contribution < -0.4 is 15.4 Å². The zero-order valence-electron chi connectivity index (χ0n) is 13.7. The van der Waals surface area contributed by atoms with Crippen LogP contribution in [0.2, 0.25) is 10.0 Å². The molecule has 1 heterocycles. The first-order valence-corrected chi connectivity index (χ1v) is 8.32. The third-order valence-corrected chi connectivity index (χ3v) is 4.18. The van der Waals surface area contributed by atoms with Crippen LogP contribution in [0.3, 0.4) is 0 Å². The maximum Gasteiger partial charge on any atom is 0.276 e. The van der Waals surface area contributed by atoms with Crippen LogP contribution >= 0.6 is 23.2 Å². The fourth-order valence-electron chi connectivity index (χ4n) is 2.11. The lowest BCUT2D eigenvalue weighted by Gasteiger charge is -2.08. The van der Waals surface area contributed by atoms with Crippen LogP contribution in [0.15, 0.2) is 54.6 Å². The summed E-state index contributed by atoms with van der Waals surface area (Å²) in [5, 5.41) is 14.6. The Labute approximate surface area is 160 Å². The molecule has 8 heteroatoms. The van der Waals surface area contributed by atoms with Crippen molar-refractivity contribution >= 4 is 46.3 Å². The molecule has 2 aromatic carbocycles. The van der Waals surface area contributed by atoms with Crippen molar-refractivity contribution in [1.82, 2.24) is 10.2 Å². The van der Waals surface area contributed by atoms with Gasteiger partial charge in [-0.2, -0.15) is 0 Å². The summed E-state index contributed by atoms with van der Waals surface area (Å²) in [6, 6.07) is 15.3. The van der Waals surface area contributed by atoms with E-state index in [1.165, 1.54) is 0 Å². The predicted octanol–water partition coefficient (Wildman–Crippen LogP) is 4.79. The number of benzene rings is 2. The number of methoxy groups -OCH3 is 1. The molecule has 0 bridgehead atoms. The van der Waals surface area contributed by atoms with Gasteiger partial charge in [0, 0.05) is 11.4 Å². The van der Waals surface area contributed by atoms with Crippen LogP contribution in [0.25, 0.3) is 0 Å². The molecule has 0 unspecified atom stereocenters. The van der Waals surface area contributed by atoms with Crippen molar-refractivity contribution in [3.05, 3.63) is 70.3 Å². The molecule has 0 radical (unpaired) electrons. The third kappa shape index (κ3) is 4.41. The minimum absolute atomic E-state index is 0.195. The number of anilines is 3. The molecule has 132 valence electrons. The average Bonchev–Trinajstić information content (AvgIpc) is 2.66. The van der Waals surface area contributed by atoms with Crippen LogP contribution in [0.1, 0.15) is 10.5 Å². The van der Waals surface area contributed by atoms with Crippen molar-refractivity contribution in [2.75, 3.05) is 17.7 Å². The molecule has 3 rings (SSSR count). The van der Waals surface area contributed by atoms with Crippen molar-refractivity contribution in [2.24, 2.45) is 0 Å². The number of amides is 1. The van der Waals surface area contributed by atoms with Crippen molar-refractivity contribution in [3.63, 3.8) is 0 Å². The number of halogens is 2. The van der Waals surface area contributed by atoms with Gasteiger partial charge in [-0.15, -0.1) is 10.2 Å². The number of hydrogen-bond acceptors (Lipinski definition) is 5. The summed E-state index contributed by atoms with van der Waals surface area (Å²) in [5.74, 6) is 0.827. The van der Waals surface area contributed by atoms with Gasteiger partial charge in [-0.1, -0.05) is 23.2 Å². The number of ether oxygens (including phenoxy) is 1. The smallest absolute Gasteiger partial charge is 0.276 e. The van der Waals surface area contributed by atoms with E-state index in [1.54, 1.807) is 61.7 Å². The van der Waals surface area contributed by atoms with Gasteiger partial charge in [0.15, 0.2) is 11.5 Å². The number of carbonyl (C=O) groups is 1. The minimum atomic E-state index is -0.358. The largest absolute Gasteiger partial charge is 0.497 e. The van der Waals surface area contributed by atoms with Gasteiger partial charge in [0.2, 0.25) is 0 Å². The lowest BCUT2D eigenvalue weighted by atomic mass is 10.3. The lowest BCUT2D eigenvalue weighted by molar-refractivity contribution is 0.102. The molecule has 2 N–H and O–H groups in total. The van der Waals surface area contributed by atoms with Crippen molar-refractivity contribution in [1.29, 1.82) is 0 Å². The molecule has 6 nitrogen and oxygen atoms in total. The minimum Gasteiger partial charge on any atom is -0.497 e. The van der Waals surface area contributed by atoms with Crippen molar-refractivity contribution in [3.8, 4) is 5.75 Å². The first kappa shape index (κ1) is 18.0. The fourth-order valence-corrected chi connectivity index (χ4v) is 2.41. The van der Waals surface area contributed by atoms with E-state index in [0.29, 0.717) is 33.0 Å². The maximum atomic E-state index is 12.2. The topological polar surface area (TPSA) is 76.1 Å². The Balaban J connectivity index is 1.66. The second-order valence-electron chi connectivity index (χ2n) is 5.24. The molecule has 0 aliphatic heterocycles. The lowest BCUT2D eigenvalue weighted by Crippen LogP contribution is -2.14. The number of nitrogens with zero attached hydrogens (tertiary/aromatic N) is 2. The molecule has 0 aliphatic rings. The summed E-state index contributed by atoms with van der Waals surface area (Å²) in [4.78, 5) is 12.2. The fraction of sp³-hybridized carbons (Fsp3) is 0.0556. The van der Waals surface area contributed by atoms with Gasteiger partial charge in [0.1, 0.15) is 5.75 Å². The van der Waals surface area contributed by atoms with E-state index in [-0.39, 0.29) is 11.6 Å². The van der Waals surface area contributed by atoms with E-state index >= 15 is 0 Å². The highest BCUT2D eigenvalue weighted by Gasteiger charge is 2.09. The predicted molar refractivity (Wildman–Crippen MR) is 103 cm³/mol. The standard InChI is InChI=1S/C18H14Cl2N4O2/c1-26-13-5-2-11(3-6-13)22-18(25)16-8-9-17(24-23-16)21-12-4-7-14(19)15(20)10-12/h2-10H,1H3,(H,21,24)(H,22,25). The van der Waals surface area contributed by atoms with Gasteiger partial charge >= 0.3 is 0 Å². The molecule has 0 aliphatic carbocycles. The van der Waals surface area contributed by atoms with E-state index in [1.807, 2.05) is 0 Å². The molecular weight excluding hydrogens is 375 g/mol. The van der Waals surface area contributed by atoms with Crippen LogP contribution in [0, 0.1) is 0 Å². The highest BCUT2D eigenvalue weighted by Crippen LogP contribution is 2.26. The number of rotatable bonds is 5. The number of carbonyl (C=O) groups excluding carboxylic acids is 1. The number of hydrogen-bond donors (Lipinski definition) is 2. The zero-order valence-corrected chi connectivity index (χ0v) is 15.2. The summed E-state index contributed by atoms with van der Waals surface area (Å²) in [6.45, 7) is 0. The Morgan fingerprint density at radius 1 is 0.923 bits per heavy atom. The van der Waals surface area contributed by atoms with E-state index in [2.05, 4.69) is 20.8 Å². The second kappa shape index (κ2) is 8.03. The van der Waals surface area contributed by atoms with Crippen LogP contribution in [0.5, 0.6) is 5.75 Å². The van der Waals surface area contributed by atoms with Crippen molar-refractivity contribution < 1.29 is 9.53 Å². The summed E-state index contributed by atoms with van der Waals surface area (Å²) in [6.07, 6.45) is 0. The van der Waals surface area contributed by atoms with Crippen LogP contribution in [0.4, 0.5) is 17.2 Å². The molecule has 26 heavy (non-hydrogen) atoms. The summed E-state index contributed by atoms with van der Waals surface area (Å²) in [5.41, 5.74) is 1.54. The Kier molecular flexibility index (Phi) is 5.55. The molecule has 0 spiro atoms. The maximum absolute atomic E-state index is 12.2. The van der Waals surface area contributed by atoms with Crippen molar-refractivity contribution in [2.45, 2.75) is 0 Å². The van der Waals surface area contributed by atoms with Gasteiger partial charge in [-0.05, 0) is 54.6 Å². The Bertz CT molecular complexity index is 915. The molecule has 1 aromatic heterocycles. The first-order valence-electron chi connectivity index (χ1n) is 7.56. The average molecular weight is 389 g/mol. The molecule has 0 fully saturated rings. The Morgan fingerprint density at radius 2 is 1.65 bits per heavy atom. The zero-order chi connectivity index (χ0) is 18.5. The molecule has 0 atom stereocenters. The van der Waals surface area contributed by atoms with Gasteiger partial charge in [0.05, 0.1) is 17.2 Å². The monoisotopic (exact) mass is 388 g/mol. The SMILES string of the molecule is COc1ccc(NC(=O)c2ccc(Nc3ccc(Cl)c(Cl)c3)nn2)cc1. The Morgan fingerprint density at radius 3 is 2.27 bits per heavy atom. The summed E-state index contributed by atoms with van der Waals surface area (Å²) >= 11 is 11.9. The number of nitrogens with one attached hydrogen (secondary N) is 2. The summed E-state index contributed by atoms with van der Waals surface area (Å²) in [7, 11) is 1.58. The van der Waals surface area contributed by atoms with E-state index in [0.717, 1.165) is 0 Å². The first-order chi connectivity index (χ1) is 12.5. The van der Waals surface area contributed by atoms with Gasteiger partial charge in [0.25, 0.3) is 5.91 Å². The van der Waals surface area contributed by atoms with Crippen LogP contribution in [-0.4, -0.2) is 23.2 Å². The second-order valence-corrected chi connectivity index (χ2v) is 6.05. The van der Waals surface area contributed by atoms with E-state index in [4.69, 9.17) is 27.9 Å². The third-order valence-electron chi connectivity index (χ3n) is 3.44. The number of aromatic nitrogens is 2. The quantitative estimate of drug-likeness (QED) is 0.656. The van der Waals surface area contributed by atoms with Gasteiger partial charge in [-0.3, -0.25) is 4.79 Å². The van der Waals surface area contributed by atoms with Gasteiger partial charge in [-0.25, -0.2) is 0 Å². The van der Waals surface area contributed by atoms with E-state index in [9.17, 15) is 4.79 Å². The highest BCUT2D eigenvalue weighted by atomic mass is 35.5. The molecule has 3 aromatic rings. The van der Waals surface area contributed by atoms with E-state index < -0.39 is 0 Å². The highest BCUT2D eigenvalue weighted by molar-refractivity contribution is 6.42. The molecule has 0 saturated heterocycles. The summed E-state index contributed by atoms with van der Waals surface area (Å²) < 4.78 is 5.08. The normalized spacial score (nSPS) is 10.3. The molecule has 0 saturated carbocycles. The Hall–Kier alpha value is -2.83.